The molecule has 0 aromatic carbocycles. The highest BCUT2D eigenvalue weighted by Crippen LogP contribution is 1.93. The zero-order valence-electron chi connectivity index (χ0n) is 5.94. The van der Waals surface area contributed by atoms with Gasteiger partial charge >= 0.3 is 0 Å². The minimum atomic E-state index is -2.29. The van der Waals surface area contributed by atoms with Crippen LogP contribution in [-0.2, 0) is 0 Å². The SMILES string of the molecule is C=CF.C=CF.Cl.FC=C(F)F. The van der Waals surface area contributed by atoms with E-state index in [9.17, 15) is 22.0 Å². The summed E-state index contributed by atoms with van der Waals surface area (Å²) in [6.45, 7) is 5.39. The van der Waals surface area contributed by atoms with Gasteiger partial charge in [-0.05, 0) is 0 Å². The van der Waals surface area contributed by atoms with E-state index in [1.54, 1.807) is 0 Å². The molecule has 0 radical (unpaired) electrons. The van der Waals surface area contributed by atoms with Gasteiger partial charge < -0.3 is 0 Å². The van der Waals surface area contributed by atoms with Crippen molar-refractivity contribution < 1.29 is 22.0 Å². The Bertz CT molecular complexity index is 103. The lowest BCUT2D eigenvalue weighted by molar-refractivity contribution is 0.400. The average molecular weight is 211 g/mol. The van der Waals surface area contributed by atoms with Crippen molar-refractivity contribution in [3.63, 3.8) is 0 Å². The Labute approximate surface area is 73.5 Å². The van der Waals surface area contributed by atoms with E-state index in [0.717, 1.165) is 0 Å². The lowest BCUT2D eigenvalue weighted by Gasteiger charge is -1.59. The number of halogens is 6. The highest BCUT2D eigenvalue weighted by Gasteiger charge is 1.78. The van der Waals surface area contributed by atoms with Crippen molar-refractivity contribution >= 4 is 12.4 Å². The van der Waals surface area contributed by atoms with E-state index in [0.29, 0.717) is 0 Å². The van der Waals surface area contributed by atoms with E-state index >= 15 is 0 Å². The van der Waals surface area contributed by atoms with Crippen LogP contribution in [0.2, 0.25) is 0 Å². The number of rotatable bonds is 0. The third kappa shape index (κ3) is 453. The molecule has 0 fully saturated rings. The third-order valence-corrected chi connectivity index (χ3v) is 0.0825. The first-order chi connectivity index (χ1) is 5.10. The Morgan fingerprint density at radius 1 is 0.917 bits per heavy atom. The van der Waals surface area contributed by atoms with Gasteiger partial charge in [-0.3, -0.25) is 0 Å². The predicted octanol–water partition coefficient (Wildman–Crippen LogP) is 4.31. The zero-order valence-corrected chi connectivity index (χ0v) is 6.76. The van der Waals surface area contributed by atoms with Crippen LogP contribution in [0.4, 0.5) is 22.0 Å². The molecule has 0 unspecified atom stereocenters. The molecule has 0 aromatic heterocycles. The molecule has 0 saturated carbocycles. The van der Waals surface area contributed by atoms with Crippen molar-refractivity contribution in [1.82, 2.24) is 0 Å². The second-order valence-electron chi connectivity index (χ2n) is 0.707. The second-order valence-corrected chi connectivity index (χ2v) is 0.707. The van der Waals surface area contributed by atoms with Crippen LogP contribution in [0, 0.1) is 0 Å². The van der Waals surface area contributed by atoms with Gasteiger partial charge in [0, 0.05) is 0 Å². The van der Waals surface area contributed by atoms with Crippen LogP contribution in [0.3, 0.4) is 0 Å². The Kier molecular flexibility index (Phi) is 60.0. The molecule has 0 amide bonds. The van der Waals surface area contributed by atoms with E-state index in [4.69, 9.17) is 0 Å². The minimum Gasteiger partial charge on any atom is -0.216 e. The summed E-state index contributed by atoms with van der Waals surface area (Å²) in [5, 5.41) is 0. The van der Waals surface area contributed by atoms with Gasteiger partial charge in [-0.25, -0.2) is 13.2 Å². The molecule has 0 aliphatic heterocycles. The zero-order chi connectivity index (χ0) is 9.70. The molecule has 0 spiro atoms. The standard InChI is InChI=1S/C2HF3.2C2H3F.ClH/c3-1-2(4)5;2*1-2-3;/h1H;2*2H,1H2;1H. The van der Waals surface area contributed by atoms with Crippen LogP contribution in [0.1, 0.15) is 0 Å². The maximum atomic E-state index is 10.2. The topological polar surface area (TPSA) is 0 Å². The lowest BCUT2D eigenvalue weighted by atomic mass is 11.1. The quantitative estimate of drug-likeness (QED) is 0.523. The first-order valence-corrected chi connectivity index (χ1v) is 2.14. The number of hydrogen-bond acceptors (Lipinski definition) is 0. The van der Waals surface area contributed by atoms with Crippen LogP contribution < -0.4 is 0 Å². The average Bonchev–Trinajstić information content (AvgIpc) is 1.91. The summed E-state index contributed by atoms with van der Waals surface area (Å²) < 4.78 is 50.8. The van der Waals surface area contributed by atoms with E-state index < -0.39 is 12.4 Å². The van der Waals surface area contributed by atoms with Crippen LogP contribution in [0.15, 0.2) is 38.2 Å². The Balaban J connectivity index is -0.0000000406. The van der Waals surface area contributed by atoms with Crippen LogP contribution in [-0.4, -0.2) is 0 Å². The molecular weight excluding hydrogens is 203 g/mol. The second kappa shape index (κ2) is 32.0. The maximum Gasteiger partial charge on any atom is 0.298 e. The molecule has 0 N–H and O–H groups in total. The fraction of sp³-hybridized carbons (Fsp3) is 0. The van der Waals surface area contributed by atoms with E-state index in [1.807, 2.05) is 0 Å². The summed E-state index contributed by atoms with van der Waals surface area (Å²) in [5.41, 5.74) is 0. The summed E-state index contributed by atoms with van der Waals surface area (Å²) in [6, 6.07) is 0. The fourth-order valence-corrected chi connectivity index (χ4v) is 0. The van der Waals surface area contributed by atoms with Crippen LogP contribution in [0.5, 0.6) is 0 Å². The molecular formula is C6H8ClF5. The predicted molar refractivity (Wildman–Crippen MR) is 41.3 cm³/mol. The van der Waals surface area contributed by atoms with Crippen LogP contribution in [0.25, 0.3) is 0 Å². The number of hydrogen-bond donors (Lipinski definition) is 0. The van der Waals surface area contributed by atoms with Gasteiger partial charge in [-0.15, -0.1) is 12.4 Å². The molecule has 0 aliphatic carbocycles. The first-order valence-electron chi connectivity index (χ1n) is 2.14. The van der Waals surface area contributed by atoms with Crippen molar-refractivity contribution in [1.29, 1.82) is 0 Å². The van der Waals surface area contributed by atoms with Crippen molar-refractivity contribution in [2.24, 2.45) is 0 Å². The monoisotopic (exact) mass is 210 g/mol. The molecule has 12 heavy (non-hydrogen) atoms. The summed E-state index contributed by atoms with van der Waals surface area (Å²) >= 11 is 0. The van der Waals surface area contributed by atoms with Crippen molar-refractivity contribution in [2.45, 2.75) is 0 Å². The third-order valence-electron chi connectivity index (χ3n) is 0.0825. The van der Waals surface area contributed by atoms with Crippen molar-refractivity contribution in [3.05, 3.63) is 38.2 Å². The van der Waals surface area contributed by atoms with Gasteiger partial charge in [0.2, 0.25) is 0 Å². The summed E-state index contributed by atoms with van der Waals surface area (Å²) in [4.78, 5) is 0. The molecule has 0 aliphatic rings. The largest absolute Gasteiger partial charge is 0.298 e. The molecule has 0 nitrogen and oxygen atoms in total. The minimum absolute atomic E-state index is 0. The normalized spacial score (nSPS) is 5.08. The summed E-state index contributed by atoms with van der Waals surface area (Å²) in [6.07, 6.45) is -2.54. The fourth-order valence-electron chi connectivity index (χ4n) is 0. The highest BCUT2D eigenvalue weighted by atomic mass is 35.5. The van der Waals surface area contributed by atoms with Gasteiger partial charge in [0.25, 0.3) is 6.08 Å². The molecule has 74 valence electrons. The Morgan fingerprint density at radius 3 is 1.00 bits per heavy atom. The van der Waals surface area contributed by atoms with Crippen molar-refractivity contribution in [2.75, 3.05) is 0 Å². The molecule has 6 heteroatoms. The van der Waals surface area contributed by atoms with Gasteiger partial charge in [0.05, 0.1) is 12.7 Å². The summed E-state index contributed by atoms with van der Waals surface area (Å²) in [5.74, 6) is 0. The summed E-state index contributed by atoms with van der Waals surface area (Å²) in [7, 11) is 0. The van der Waals surface area contributed by atoms with Gasteiger partial charge in [-0.1, -0.05) is 13.2 Å². The Morgan fingerprint density at radius 2 is 1.00 bits per heavy atom. The van der Waals surface area contributed by atoms with E-state index in [1.165, 1.54) is 0 Å². The molecule has 0 saturated heterocycles. The lowest BCUT2D eigenvalue weighted by Crippen LogP contribution is -1.42. The van der Waals surface area contributed by atoms with E-state index in [2.05, 4.69) is 13.2 Å². The molecule has 0 aromatic rings. The molecule has 0 atom stereocenters. The van der Waals surface area contributed by atoms with Crippen LogP contribution >= 0.6 is 12.4 Å². The smallest absolute Gasteiger partial charge is 0.216 e. The molecule has 0 bridgehead atoms. The Hall–Kier alpha value is -0.840. The molecule has 0 rings (SSSR count). The van der Waals surface area contributed by atoms with Gasteiger partial charge in [0.1, 0.15) is 0 Å². The van der Waals surface area contributed by atoms with E-state index in [-0.39, 0.29) is 25.1 Å². The van der Waals surface area contributed by atoms with Gasteiger partial charge in [-0.2, -0.15) is 8.78 Å². The van der Waals surface area contributed by atoms with Crippen molar-refractivity contribution in [3.8, 4) is 0 Å². The molecule has 0 heterocycles. The highest BCUT2D eigenvalue weighted by molar-refractivity contribution is 5.85. The first kappa shape index (κ1) is 22.5. The maximum absolute atomic E-state index is 10.2. The van der Waals surface area contributed by atoms with Gasteiger partial charge in [0.15, 0.2) is 6.33 Å².